The van der Waals surface area contributed by atoms with Gasteiger partial charge in [0.25, 0.3) is 0 Å². The lowest BCUT2D eigenvalue weighted by Crippen LogP contribution is -2.14. The summed E-state index contributed by atoms with van der Waals surface area (Å²) in [5, 5.41) is 8.17. The van der Waals surface area contributed by atoms with Crippen molar-refractivity contribution in [1.82, 2.24) is 0 Å². The van der Waals surface area contributed by atoms with E-state index in [0.717, 1.165) is 19.3 Å². The van der Waals surface area contributed by atoms with Crippen LogP contribution in [0.2, 0.25) is 0 Å². The highest BCUT2D eigenvalue weighted by Gasteiger charge is 2.19. The standard InChI is InChI=1S/C6H10O2/c7-8-6-4-2-1-3-5-6/h2,6H,1,3-5H2/p+1. The summed E-state index contributed by atoms with van der Waals surface area (Å²) in [6.07, 6.45) is 6.50. The molecule has 1 saturated carbocycles. The third-order valence-electron chi connectivity index (χ3n) is 1.51. The Hall–Kier alpha value is -0.210. The van der Waals surface area contributed by atoms with Crippen LogP contribution < -0.4 is 0 Å². The van der Waals surface area contributed by atoms with E-state index in [1.165, 1.54) is 6.42 Å². The minimum absolute atomic E-state index is 0.0868. The number of hydrogen-bond acceptors (Lipinski definition) is 2. The van der Waals surface area contributed by atoms with Gasteiger partial charge in [-0.1, -0.05) is 0 Å². The van der Waals surface area contributed by atoms with Gasteiger partial charge in [-0.3, -0.25) is 5.26 Å². The van der Waals surface area contributed by atoms with Crippen molar-refractivity contribution in [3.63, 3.8) is 0 Å². The fourth-order valence-electron chi connectivity index (χ4n) is 1.01. The first-order chi connectivity index (χ1) is 3.93. The Morgan fingerprint density at radius 3 is 2.88 bits per heavy atom. The smallest absolute Gasteiger partial charge is 0.133 e. The molecule has 1 unspecified atom stereocenters. The van der Waals surface area contributed by atoms with Gasteiger partial charge in [0.1, 0.15) is 12.5 Å². The van der Waals surface area contributed by atoms with E-state index in [0.29, 0.717) is 0 Å². The van der Waals surface area contributed by atoms with E-state index in [-0.39, 0.29) is 6.10 Å². The molecule has 0 aliphatic heterocycles. The predicted octanol–water partition coefficient (Wildman–Crippen LogP) is 1.62. The minimum Gasteiger partial charge on any atom is -0.251 e. The van der Waals surface area contributed by atoms with Crippen molar-refractivity contribution >= 4 is 0 Å². The van der Waals surface area contributed by atoms with Gasteiger partial charge in [0.05, 0.1) is 12.8 Å². The van der Waals surface area contributed by atoms with E-state index in [4.69, 9.17) is 5.26 Å². The minimum atomic E-state index is 0.0868. The molecule has 1 aliphatic rings. The van der Waals surface area contributed by atoms with Gasteiger partial charge < -0.3 is 0 Å². The summed E-state index contributed by atoms with van der Waals surface area (Å²) in [7, 11) is 0. The molecule has 0 bridgehead atoms. The summed E-state index contributed by atoms with van der Waals surface area (Å²) in [6, 6.07) is 0. The van der Waals surface area contributed by atoms with Crippen molar-refractivity contribution in [2.24, 2.45) is 0 Å². The van der Waals surface area contributed by atoms with Crippen LogP contribution in [0.5, 0.6) is 0 Å². The molecule has 1 fully saturated rings. The molecule has 0 amide bonds. The number of rotatable bonds is 1. The first kappa shape index (κ1) is 5.92. The van der Waals surface area contributed by atoms with Gasteiger partial charge in [-0.15, -0.1) is 0 Å². The van der Waals surface area contributed by atoms with Crippen molar-refractivity contribution in [2.75, 3.05) is 0 Å². The molecule has 0 aromatic carbocycles. The zero-order chi connectivity index (χ0) is 5.82. The second-order valence-electron chi connectivity index (χ2n) is 2.18. The zero-order valence-electron chi connectivity index (χ0n) is 4.84. The van der Waals surface area contributed by atoms with Crippen molar-refractivity contribution in [3.05, 3.63) is 6.42 Å². The van der Waals surface area contributed by atoms with E-state index in [2.05, 4.69) is 11.3 Å². The maximum Gasteiger partial charge on any atom is 0.133 e. The Labute approximate surface area is 49.4 Å². The SMILES string of the molecule is OOC1C[CH+]CCC1. The van der Waals surface area contributed by atoms with Crippen LogP contribution in [0.25, 0.3) is 0 Å². The predicted molar refractivity (Wildman–Crippen MR) is 30.3 cm³/mol. The van der Waals surface area contributed by atoms with Crippen molar-refractivity contribution in [2.45, 2.75) is 31.8 Å². The maximum atomic E-state index is 8.17. The largest absolute Gasteiger partial charge is 0.251 e. The highest BCUT2D eigenvalue weighted by atomic mass is 17.1. The van der Waals surface area contributed by atoms with Crippen LogP contribution >= 0.6 is 0 Å². The molecular formula is C6H11O2+. The van der Waals surface area contributed by atoms with E-state index >= 15 is 0 Å². The molecule has 2 nitrogen and oxygen atoms in total. The Bertz CT molecular complexity index is 57.5. The third-order valence-corrected chi connectivity index (χ3v) is 1.51. The molecule has 1 rings (SSSR count). The Morgan fingerprint density at radius 1 is 1.62 bits per heavy atom. The monoisotopic (exact) mass is 115 g/mol. The zero-order valence-corrected chi connectivity index (χ0v) is 4.84. The lowest BCUT2D eigenvalue weighted by Gasteiger charge is -2.11. The van der Waals surface area contributed by atoms with Crippen molar-refractivity contribution < 1.29 is 10.1 Å². The highest BCUT2D eigenvalue weighted by molar-refractivity contribution is 4.76. The van der Waals surface area contributed by atoms with Crippen LogP contribution in [0.4, 0.5) is 0 Å². The molecule has 0 heterocycles. The molecule has 0 aromatic heterocycles. The maximum absolute atomic E-state index is 8.17. The van der Waals surface area contributed by atoms with Gasteiger partial charge in [-0.2, -0.15) is 0 Å². The summed E-state index contributed by atoms with van der Waals surface area (Å²) in [6.45, 7) is 0. The fraction of sp³-hybridized carbons (Fsp3) is 0.833. The third kappa shape index (κ3) is 1.39. The van der Waals surface area contributed by atoms with Crippen LogP contribution in [0.1, 0.15) is 25.7 Å². The van der Waals surface area contributed by atoms with Gasteiger partial charge in [0.2, 0.25) is 0 Å². The van der Waals surface area contributed by atoms with E-state index < -0.39 is 0 Å². The molecule has 1 N–H and O–H groups in total. The van der Waals surface area contributed by atoms with Crippen LogP contribution in [-0.4, -0.2) is 11.4 Å². The summed E-state index contributed by atoms with van der Waals surface area (Å²) in [5.74, 6) is 0. The fourth-order valence-corrected chi connectivity index (χ4v) is 1.01. The van der Waals surface area contributed by atoms with E-state index in [9.17, 15) is 0 Å². The van der Waals surface area contributed by atoms with E-state index in [1.807, 2.05) is 0 Å². The normalized spacial score (nSPS) is 29.4. The van der Waals surface area contributed by atoms with Crippen LogP contribution in [0.3, 0.4) is 0 Å². The van der Waals surface area contributed by atoms with E-state index in [1.54, 1.807) is 0 Å². The van der Waals surface area contributed by atoms with Gasteiger partial charge >= 0.3 is 0 Å². The van der Waals surface area contributed by atoms with Gasteiger partial charge in [-0.25, -0.2) is 4.89 Å². The van der Waals surface area contributed by atoms with Gasteiger partial charge in [0, 0.05) is 0 Å². The second-order valence-corrected chi connectivity index (χ2v) is 2.18. The lowest BCUT2D eigenvalue weighted by molar-refractivity contribution is -0.281. The Kier molecular flexibility index (Phi) is 2.18. The molecule has 0 radical (unpaired) electrons. The molecule has 1 atom stereocenters. The summed E-state index contributed by atoms with van der Waals surface area (Å²) in [5.41, 5.74) is 0. The Balaban J connectivity index is 2.13. The average Bonchev–Trinajstić information content (AvgIpc) is 1.90. The van der Waals surface area contributed by atoms with Crippen molar-refractivity contribution in [1.29, 1.82) is 0 Å². The van der Waals surface area contributed by atoms with Gasteiger partial charge in [0.15, 0.2) is 0 Å². The quantitative estimate of drug-likeness (QED) is 0.319. The summed E-state index contributed by atoms with van der Waals surface area (Å²) in [4.78, 5) is 4.16. The molecule has 2 heteroatoms. The average molecular weight is 115 g/mol. The lowest BCUT2D eigenvalue weighted by atomic mass is 9.98. The second kappa shape index (κ2) is 2.95. The molecule has 46 valence electrons. The van der Waals surface area contributed by atoms with Crippen molar-refractivity contribution in [3.8, 4) is 0 Å². The van der Waals surface area contributed by atoms with Crippen LogP contribution in [0.15, 0.2) is 0 Å². The summed E-state index contributed by atoms with van der Waals surface area (Å²) < 4.78 is 0. The first-order valence-corrected chi connectivity index (χ1v) is 3.05. The number of hydrogen-bond donors (Lipinski definition) is 1. The Morgan fingerprint density at radius 2 is 2.50 bits per heavy atom. The molecule has 0 aromatic rings. The topological polar surface area (TPSA) is 29.5 Å². The molecular weight excluding hydrogens is 104 g/mol. The van der Waals surface area contributed by atoms with Gasteiger partial charge in [-0.05, 0) is 12.8 Å². The molecule has 8 heavy (non-hydrogen) atoms. The molecule has 1 aliphatic carbocycles. The molecule has 0 saturated heterocycles. The first-order valence-electron chi connectivity index (χ1n) is 3.05. The van der Waals surface area contributed by atoms with Crippen LogP contribution in [0, 0.1) is 6.42 Å². The summed E-state index contributed by atoms with van der Waals surface area (Å²) >= 11 is 0. The molecule has 0 spiro atoms. The highest BCUT2D eigenvalue weighted by Crippen LogP contribution is 2.17. The van der Waals surface area contributed by atoms with Crippen LogP contribution in [-0.2, 0) is 4.89 Å².